The Labute approximate surface area is 372 Å². The van der Waals surface area contributed by atoms with Gasteiger partial charge in [0.05, 0.1) is 28.0 Å². The summed E-state index contributed by atoms with van der Waals surface area (Å²) in [5, 5.41) is 17.6. The lowest BCUT2D eigenvalue weighted by molar-refractivity contribution is -0.193. The highest BCUT2D eigenvalue weighted by Crippen LogP contribution is 2.35. The molecule has 13 nitrogen and oxygen atoms in total. The van der Waals surface area contributed by atoms with Crippen LogP contribution in [-0.2, 0) is 19.2 Å². The van der Waals surface area contributed by atoms with Gasteiger partial charge in [0.15, 0.2) is 5.82 Å². The Morgan fingerprint density at radius 1 is 0.569 bits per heavy atom. The maximum Gasteiger partial charge on any atom is 0.373 e. The van der Waals surface area contributed by atoms with E-state index in [0.29, 0.717) is 23.0 Å². The van der Waals surface area contributed by atoms with E-state index in [4.69, 9.17) is 39.4 Å². The molecule has 6 aromatic carbocycles. The van der Waals surface area contributed by atoms with Crippen LogP contribution in [0.1, 0.15) is 16.7 Å². The van der Waals surface area contributed by atoms with Crippen LogP contribution in [0.4, 0.5) is 5.82 Å². The number of pyridine rings is 2. The number of anilines is 1. The zero-order chi connectivity index (χ0) is 46.1. The van der Waals surface area contributed by atoms with E-state index in [-0.39, 0.29) is 23.3 Å². The van der Waals surface area contributed by atoms with Crippen LogP contribution in [-0.4, -0.2) is 32.5 Å². The maximum absolute atomic E-state index is 12.6. The third-order valence-electron chi connectivity index (χ3n) is 9.59. The second-order valence-corrected chi connectivity index (χ2v) is 14.1. The van der Waals surface area contributed by atoms with Crippen LogP contribution >= 0.6 is 0 Å². The van der Waals surface area contributed by atoms with Crippen molar-refractivity contribution in [1.82, 2.24) is 20.2 Å². The summed E-state index contributed by atoms with van der Waals surface area (Å²) < 4.78 is 11.7. The molecule has 0 fully saturated rings. The minimum atomic E-state index is -0.303. The van der Waals surface area contributed by atoms with Gasteiger partial charge in [-0.25, -0.2) is 4.98 Å². The molecule has 0 unspecified atom stereocenters. The highest BCUT2D eigenvalue weighted by Gasteiger charge is 2.16. The molecule has 0 radical (unpaired) electrons. The minimum absolute atomic E-state index is 0.0955. The Hall–Kier alpha value is -9.46. The summed E-state index contributed by atoms with van der Waals surface area (Å²) in [6.07, 6.45) is 0.500. The number of nitrogens with zero attached hydrogens (tertiary/aromatic N) is 3. The molecule has 318 valence electrons. The van der Waals surface area contributed by atoms with E-state index in [0.717, 1.165) is 67.4 Å². The van der Waals surface area contributed by atoms with Crippen molar-refractivity contribution in [2.75, 3.05) is 5.73 Å². The summed E-state index contributed by atoms with van der Waals surface area (Å²) in [6.45, 7) is 4.07. The van der Waals surface area contributed by atoms with Crippen LogP contribution < -0.4 is 20.6 Å². The number of nitriles is 1. The third kappa shape index (κ3) is 11.7. The predicted molar refractivity (Wildman–Crippen MR) is 244 cm³/mol. The molecular weight excluding hydrogens is 821 g/mol. The summed E-state index contributed by atoms with van der Waals surface area (Å²) >= 11 is 0. The van der Waals surface area contributed by atoms with Gasteiger partial charge in [-0.2, -0.15) is 29.5 Å². The first-order valence-corrected chi connectivity index (χ1v) is 19.8. The Morgan fingerprint density at radius 3 is 1.58 bits per heavy atom. The van der Waals surface area contributed by atoms with Gasteiger partial charge in [-0.05, 0) is 116 Å². The first-order valence-electron chi connectivity index (χ1n) is 19.8. The number of aromatic amines is 2. The van der Waals surface area contributed by atoms with Crippen molar-refractivity contribution >= 4 is 29.0 Å². The molecule has 0 atom stereocenters. The van der Waals surface area contributed by atoms with Gasteiger partial charge in [0, 0.05) is 22.9 Å². The summed E-state index contributed by atoms with van der Waals surface area (Å²) in [5.41, 5.74) is 15.6. The molecule has 0 spiro atoms. The van der Waals surface area contributed by atoms with Crippen molar-refractivity contribution in [2.45, 2.75) is 13.8 Å². The van der Waals surface area contributed by atoms with Crippen LogP contribution in [0.5, 0.6) is 23.0 Å². The predicted octanol–water partition coefficient (Wildman–Crippen LogP) is 10.5. The van der Waals surface area contributed by atoms with Crippen LogP contribution in [0.15, 0.2) is 175 Å². The zero-order valence-electron chi connectivity index (χ0n) is 34.9. The minimum Gasteiger partial charge on any atom is -0.457 e. The number of nitrogens with one attached hydrogen (secondary N) is 2. The van der Waals surface area contributed by atoms with Crippen molar-refractivity contribution < 1.29 is 28.7 Å². The number of carbonyl (C=O) groups excluding carboxylic acids is 4. The fourth-order valence-corrected chi connectivity index (χ4v) is 6.71. The largest absolute Gasteiger partial charge is 0.457 e. The van der Waals surface area contributed by atoms with E-state index in [1.807, 2.05) is 159 Å². The molecule has 0 amide bonds. The van der Waals surface area contributed by atoms with E-state index in [1.54, 1.807) is 0 Å². The van der Waals surface area contributed by atoms with E-state index in [2.05, 4.69) is 40.3 Å². The van der Waals surface area contributed by atoms with Crippen LogP contribution in [0.3, 0.4) is 0 Å². The maximum atomic E-state index is 12.6. The molecule has 3 aromatic heterocycles. The van der Waals surface area contributed by atoms with Gasteiger partial charge < -0.3 is 20.2 Å². The van der Waals surface area contributed by atoms with Gasteiger partial charge in [-0.15, -0.1) is 0 Å². The smallest absolute Gasteiger partial charge is 0.373 e. The summed E-state index contributed by atoms with van der Waals surface area (Å²) in [6, 6.07) is 56.0. The second-order valence-electron chi connectivity index (χ2n) is 14.1. The molecule has 0 saturated carbocycles. The van der Waals surface area contributed by atoms with Crippen LogP contribution in [0.25, 0.3) is 55.9 Å². The van der Waals surface area contributed by atoms with Gasteiger partial charge in [0.2, 0.25) is 5.43 Å². The summed E-state index contributed by atoms with van der Waals surface area (Å²) in [5.74, 6) is 3.42. The number of para-hydroxylation sites is 2. The van der Waals surface area contributed by atoms with Gasteiger partial charge >= 0.3 is 12.3 Å². The number of benzene rings is 6. The molecule has 0 aliphatic heterocycles. The number of nitrogen functional groups attached to an aromatic ring is 1. The van der Waals surface area contributed by atoms with Crippen LogP contribution in [0.2, 0.25) is 0 Å². The summed E-state index contributed by atoms with van der Waals surface area (Å²) in [4.78, 5) is 53.3. The molecule has 0 aliphatic carbocycles. The highest BCUT2D eigenvalue weighted by atomic mass is 16.5. The van der Waals surface area contributed by atoms with Gasteiger partial charge in [0.1, 0.15) is 34.6 Å². The van der Waals surface area contributed by atoms with Crippen molar-refractivity contribution in [2.24, 2.45) is 0 Å². The topological polar surface area (TPSA) is 211 Å². The molecule has 3 heterocycles. The van der Waals surface area contributed by atoms with E-state index in [1.165, 1.54) is 11.6 Å². The standard InChI is InChI=1S/C25H20N4O.C25H18N2O2.2CO2/c1-16-6-5-7-18(14-16)21-15-22-23(25(26)29-28-22)24(27-21)17-10-12-20(13-11-17)30-19-8-3-2-4-9-19;1-17-6-5-7-19(14-17)23-15-24(28)22(16-26)25(27-23)18-10-12-21(13-11-18)29-20-8-3-2-4-9-20;2*2-1-3/h2-15H,1H3,(H3,26,28,29);2-15H,1H3,(H,27,28);;. The highest BCUT2D eigenvalue weighted by molar-refractivity contribution is 6.01. The molecule has 0 aliphatic rings. The Morgan fingerprint density at radius 2 is 1.06 bits per heavy atom. The Kier molecular flexibility index (Phi) is 15.2. The lowest BCUT2D eigenvalue weighted by atomic mass is 10.0. The summed E-state index contributed by atoms with van der Waals surface area (Å²) in [7, 11) is 0. The van der Waals surface area contributed by atoms with Crippen molar-refractivity contribution in [3.8, 4) is 74.1 Å². The van der Waals surface area contributed by atoms with E-state index in [9.17, 15) is 10.1 Å². The number of aryl methyl sites for hydroxylation is 2. The van der Waals surface area contributed by atoms with Crippen molar-refractivity contribution in [3.63, 3.8) is 0 Å². The fraction of sp³-hybridized carbons (Fsp3) is 0.0385. The number of fused-ring (bicyclic) bond motifs is 1. The first kappa shape index (κ1) is 45.1. The average Bonchev–Trinajstić information content (AvgIpc) is 3.70. The van der Waals surface area contributed by atoms with Crippen molar-refractivity contribution in [1.29, 1.82) is 5.26 Å². The molecule has 9 aromatic rings. The number of nitrogens with two attached hydrogens (primary N) is 1. The van der Waals surface area contributed by atoms with E-state index >= 15 is 0 Å². The molecule has 4 N–H and O–H groups in total. The van der Waals surface area contributed by atoms with Crippen LogP contribution in [0, 0.1) is 25.2 Å². The first-order chi connectivity index (χ1) is 31.6. The number of hydrogen-bond donors (Lipinski definition) is 3. The van der Waals surface area contributed by atoms with Crippen molar-refractivity contribution in [3.05, 3.63) is 197 Å². The van der Waals surface area contributed by atoms with Gasteiger partial charge in [-0.1, -0.05) is 83.9 Å². The molecule has 9 rings (SSSR count). The normalized spacial score (nSPS) is 9.92. The monoisotopic (exact) mass is 858 g/mol. The Balaban J connectivity index is 0.000000192. The average molecular weight is 859 g/mol. The molecule has 0 saturated heterocycles. The number of H-pyrrole nitrogens is 2. The molecular formula is C52H38N6O7. The molecule has 65 heavy (non-hydrogen) atoms. The van der Waals surface area contributed by atoms with Gasteiger partial charge in [-0.3, -0.25) is 9.89 Å². The fourth-order valence-electron chi connectivity index (χ4n) is 6.71. The Bertz CT molecular complexity index is 3190. The molecule has 0 bridgehead atoms. The van der Waals surface area contributed by atoms with Gasteiger partial charge in [0.25, 0.3) is 0 Å². The second kappa shape index (κ2) is 21.9. The number of aromatic nitrogens is 4. The lowest BCUT2D eigenvalue weighted by Crippen LogP contribution is -2.09. The lowest BCUT2D eigenvalue weighted by Gasteiger charge is -2.10. The quantitative estimate of drug-likeness (QED) is 0.131. The zero-order valence-corrected chi connectivity index (χ0v) is 34.9. The SMILES string of the molecule is Cc1cccc(-c2cc(=O)c(C#N)c(-c3ccc(Oc4ccccc4)cc3)[nH]2)c1.Cc1cccc(-c2cc3[nH]nc(N)c3c(-c3ccc(Oc4ccccc4)cc3)n2)c1.O=C=O.O=C=O. The van der Waals surface area contributed by atoms with E-state index < -0.39 is 0 Å². The number of rotatable bonds is 8. The third-order valence-corrected chi connectivity index (χ3v) is 9.59. The number of hydrogen-bond acceptors (Lipinski definition) is 11. The number of ether oxygens (including phenoxy) is 2. The molecule has 13 heteroatoms.